The first kappa shape index (κ1) is 14.7. The van der Waals surface area contributed by atoms with Crippen molar-refractivity contribution in [3.05, 3.63) is 59.8 Å². The zero-order valence-electron chi connectivity index (χ0n) is 12.8. The van der Waals surface area contributed by atoms with Crippen LogP contribution in [0.1, 0.15) is 16.1 Å². The largest absolute Gasteiger partial charge is 0.497 e. The number of amides is 1. The number of aryl methyl sites for hydroxylation is 1. The summed E-state index contributed by atoms with van der Waals surface area (Å²) in [6.45, 7) is 0. The minimum atomic E-state index is -0.224. The number of nitrogens with zero attached hydrogens (tertiary/aromatic N) is 2. The molecule has 0 aliphatic rings. The van der Waals surface area contributed by atoms with Crippen LogP contribution in [-0.4, -0.2) is 17.6 Å². The summed E-state index contributed by atoms with van der Waals surface area (Å²) in [5.41, 5.74) is 2.55. The first-order valence-electron chi connectivity index (χ1n) is 7.07. The summed E-state index contributed by atoms with van der Waals surface area (Å²) >= 11 is 0. The van der Waals surface area contributed by atoms with Crippen molar-refractivity contribution in [2.45, 2.75) is 0 Å². The van der Waals surface area contributed by atoms with Gasteiger partial charge in [0.15, 0.2) is 0 Å². The van der Waals surface area contributed by atoms with Gasteiger partial charge in [-0.2, -0.15) is 5.26 Å². The quantitative estimate of drug-likeness (QED) is 0.807. The second-order valence-corrected chi connectivity index (χ2v) is 5.16. The molecule has 1 heterocycles. The van der Waals surface area contributed by atoms with E-state index < -0.39 is 0 Å². The van der Waals surface area contributed by atoms with Crippen LogP contribution >= 0.6 is 0 Å². The van der Waals surface area contributed by atoms with E-state index in [0.717, 1.165) is 16.7 Å². The first-order valence-corrected chi connectivity index (χ1v) is 7.07. The number of anilines is 1. The summed E-state index contributed by atoms with van der Waals surface area (Å²) in [5, 5.41) is 12.7. The van der Waals surface area contributed by atoms with Crippen LogP contribution in [0.4, 0.5) is 5.69 Å². The van der Waals surface area contributed by atoms with Gasteiger partial charge in [0.1, 0.15) is 11.4 Å². The normalized spacial score (nSPS) is 10.3. The summed E-state index contributed by atoms with van der Waals surface area (Å²) in [6, 6.07) is 16.4. The summed E-state index contributed by atoms with van der Waals surface area (Å²) in [4.78, 5) is 12.5. The molecule has 3 aromatic rings. The van der Waals surface area contributed by atoms with Crippen molar-refractivity contribution in [3.63, 3.8) is 0 Å². The topological polar surface area (TPSA) is 67.0 Å². The van der Waals surface area contributed by atoms with E-state index in [-0.39, 0.29) is 5.91 Å². The molecule has 3 rings (SSSR count). The smallest absolute Gasteiger partial charge is 0.272 e. The fraction of sp³-hybridized carbons (Fsp3) is 0.111. The van der Waals surface area contributed by atoms with E-state index in [2.05, 4.69) is 11.4 Å². The zero-order chi connectivity index (χ0) is 16.4. The van der Waals surface area contributed by atoms with Gasteiger partial charge < -0.3 is 14.6 Å². The highest BCUT2D eigenvalue weighted by molar-refractivity contribution is 6.06. The van der Waals surface area contributed by atoms with Crippen LogP contribution in [0, 0.1) is 11.3 Å². The highest BCUT2D eigenvalue weighted by Gasteiger charge is 2.14. The molecule has 0 saturated carbocycles. The van der Waals surface area contributed by atoms with E-state index in [1.807, 2.05) is 35.9 Å². The summed E-state index contributed by atoms with van der Waals surface area (Å²) in [7, 11) is 3.45. The van der Waals surface area contributed by atoms with E-state index >= 15 is 0 Å². The molecule has 0 aliphatic carbocycles. The van der Waals surface area contributed by atoms with Crippen LogP contribution in [0.2, 0.25) is 0 Å². The number of nitrogens with one attached hydrogen (secondary N) is 1. The van der Waals surface area contributed by atoms with Gasteiger partial charge in [0.05, 0.1) is 24.3 Å². The molecule has 5 nitrogen and oxygen atoms in total. The monoisotopic (exact) mass is 305 g/mol. The van der Waals surface area contributed by atoms with Gasteiger partial charge in [-0.25, -0.2) is 0 Å². The molecule has 0 aliphatic heterocycles. The number of rotatable bonds is 3. The number of fused-ring (bicyclic) bond motifs is 1. The number of carbonyl (C=O) groups excluding carboxylic acids is 1. The Labute approximate surface area is 133 Å². The van der Waals surface area contributed by atoms with E-state index in [1.54, 1.807) is 31.4 Å². The van der Waals surface area contributed by atoms with Gasteiger partial charge in [-0.3, -0.25) is 4.79 Å². The number of carbonyl (C=O) groups is 1. The van der Waals surface area contributed by atoms with Gasteiger partial charge in [0.25, 0.3) is 5.91 Å². The Morgan fingerprint density at radius 1 is 1.22 bits per heavy atom. The minimum Gasteiger partial charge on any atom is -0.497 e. The van der Waals surface area contributed by atoms with Crippen molar-refractivity contribution in [1.29, 1.82) is 5.26 Å². The van der Waals surface area contributed by atoms with Gasteiger partial charge in [-0.1, -0.05) is 6.07 Å². The van der Waals surface area contributed by atoms with Gasteiger partial charge >= 0.3 is 0 Å². The van der Waals surface area contributed by atoms with Crippen LogP contribution in [0.25, 0.3) is 10.9 Å². The molecular weight excluding hydrogens is 290 g/mol. The SMILES string of the molecule is COc1ccc2cc(C(=O)Nc3cccc(C#N)c3)n(C)c2c1. The molecule has 114 valence electrons. The Balaban J connectivity index is 1.94. The molecular formula is C18H15N3O2. The Morgan fingerprint density at radius 2 is 2.04 bits per heavy atom. The van der Waals surface area contributed by atoms with Gasteiger partial charge in [0.2, 0.25) is 0 Å². The fourth-order valence-corrected chi connectivity index (χ4v) is 2.52. The summed E-state index contributed by atoms with van der Waals surface area (Å²) in [5.74, 6) is 0.519. The third-order valence-corrected chi connectivity index (χ3v) is 3.73. The molecule has 0 bridgehead atoms. The number of nitriles is 1. The second-order valence-electron chi connectivity index (χ2n) is 5.16. The van der Waals surface area contributed by atoms with Crippen LogP contribution in [0.3, 0.4) is 0 Å². The lowest BCUT2D eigenvalue weighted by molar-refractivity contribution is 0.102. The maximum Gasteiger partial charge on any atom is 0.272 e. The third kappa shape index (κ3) is 2.74. The Bertz CT molecular complexity index is 935. The molecule has 23 heavy (non-hydrogen) atoms. The van der Waals surface area contributed by atoms with Crippen molar-refractivity contribution in [1.82, 2.24) is 4.57 Å². The molecule has 2 aromatic carbocycles. The number of hydrogen-bond donors (Lipinski definition) is 1. The number of methoxy groups -OCH3 is 1. The van der Waals surface area contributed by atoms with Crippen LogP contribution in [0.5, 0.6) is 5.75 Å². The number of hydrogen-bond acceptors (Lipinski definition) is 3. The molecule has 0 unspecified atom stereocenters. The van der Waals surface area contributed by atoms with Gasteiger partial charge in [-0.05, 0) is 36.4 Å². The maximum absolute atomic E-state index is 12.5. The Hall–Kier alpha value is -3.26. The third-order valence-electron chi connectivity index (χ3n) is 3.73. The highest BCUT2D eigenvalue weighted by atomic mass is 16.5. The molecule has 0 saturated heterocycles. The van der Waals surface area contributed by atoms with Crippen LogP contribution in [-0.2, 0) is 7.05 Å². The van der Waals surface area contributed by atoms with E-state index in [1.165, 1.54) is 0 Å². The minimum absolute atomic E-state index is 0.224. The lowest BCUT2D eigenvalue weighted by Gasteiger charge is -2.07. The average Bonchev–Trinajstić information content (AvgIpc) is 2.91. The molecule has 1 amide bonds. The summed E-state index contributed by atoms with van der Waals surface area (Å²) < 4.78 is 7.04. The predicted octanol–water partition coefficient (Wildman–Crippen LogP) is 3.31. The summed E-state index contributed by atoms with van der Waals surface area (Å²) in [6.07, 6.45) is 0. The van der Waals surface area contributed by atoms with Crippen molar-refractivity contribution >= 4 is 22.5 Å². The fourth-order valence-electron chi connectivity index (χ4n) is 2.52. The van der Waals surface area contributed by atoms with Crippen molar-refractivity contribution in [2.24, 2.45) is 7.05 Å². The molecule has 1 aromatic heterocycles. The van der Waals surface area contributed by atoms with Crippen LogP contribution < -0.4 is 10.1 Å². The van der Waals surface area contributed by atoms with E-state index in [4.69, 9.17) is 10.00 Å². The second kappa shape index (κ2) is 5.85. The lowest BCUT2D eigenvalue weighted by Crippen LogP contribution is -2.15. The van der Waals surface area contributed by atoms with Gasteiger partial charge in [-0.15, -0.1) is 0 Å². The molecule has 0 atom stereocenters. The maximum atomic E-state index is 12.5. The zero-order valence-corrected chi connectivity index (χ0v) is 12.8. The number of ether oxygens (including phenoxy) is 1. The predicted molar refractivity (Wildman–Crippen MR) is 88.6 cm³/mol. The van der Waals surface area contributed by atoms with Crippen molar-refractivity contribution in [3.8, 4) is 11.8 Å². The van der Waals surface area contributed by atoms with E-state index in [9.17, 15) is 4.79 Å². The number of benzene rings is 2. The van der Waals surface area contributed by atoms with Crippen molar-refractivity contribution < 1.29 is 9.53 Å². The Kier molecular flexibility index (Phi) is 3.73. The highest BCUT2D eigenvalue weighted by Crippen LogP contribution is 2.24. The lowest BCUT2D eigenvalue weighted by atomic mass is 10.2. The molecule has 0 radical (unpaired) electrons. The Morgan fingerprint density at radius 3 is 2.78 bits per heavy atom. The van der Waals surface area contributed by atoms with E-state index in [0.29, 0.717) is 16.9 Å². The molecule has 5 heteroatoms. The average molecular weight is 305 g/mol. The van der Waals surface area contributed by atoms with Crippen LogP contribution in [0.15, 0.2) is 48.5 Å². The van der Waals surface area contributed by atoms with Crippen molar-refractivity contribution in [2.75, 3.05) is 12.4 Å². The molecule has 0 fully saturated rings. The first-order chi connectivity index (χ1) is 11.1. The number of aromatic nitrogens is 1. The molecule has 1 N–H and O–H groups in total. The molecule has 0 spiro atoms. The van der Waals surface area contributed by atoms with Gasteiger partial charge in [0, 0.05) is 24.2 Å². The standard InChI is InChI=1S/C18H15N3O2/c1-21-16-10-15(23-2)7-6-13(16)9-17(21)18(22)20-14-5-3-4-12(8-14)11-19/h3-10H,1-2H3,(H,20,22).